The first kappa shape index (κ1) is 15.9. The molecule has 1 aromatic heterocycles. The molecule has 128 valence electrons. The minimum atomic E-state index is 0.812. The summed E-state index contributed by atoms with van der Waals surface area (Å²) in [6.45, 7) is 7.24. The largest absolute Gasteiger partial charge is 0.371 e. The van der Waals surface area contributed by atoms with Crippen LogP contribution in [-0.2, 0) is 6.42 Å². The van der Waals surface area contributed by atoms with Crippen molar-refractivity contribution in [3.8, 4) is 0 Å². The Morgan fingerprint density at radius 2 is 1.79 bits per heavy atom. The summed E-state index contributed by atoms with van der Waals surface area (Å²) in [5.41, 5.74) is 3.80. The molecule has 4 rings (SSSR count). The number of likely N-dealkylation sites (tertiary alicyclic amines) is 1. The van der Waals surface area contributed by atoms with Crippen molar-refractivity contribution in [2.75, 3.05) is 31.1 Å². The van der Waals surface area contributed by atoms with E-state index in [1.54, 1.807) is 0 Å². The van der Waals surface area contributed by atoms with Crippen LogP contribution in [0, 0.1) is 0 Å². The second-order valence-electron chi connectivity index (χ2n) is 7.36. The molecule has 2 aliphatic rings. The van der Waals surface area contributed by atoms with Crippen LogP contribution in [0.5, 0.6) is 0 Å². The number of para-hydroxylation sites is 1. The van der Waals surface area contributed by atoms with Crippen LogP contribution in [0.2, 0.25) is 0 Å². The highest BCUT2D eigenvalue weighted by molar-refractivity contribution is 5.92. The molecule has 3 heteroatoms. The summed E-state index contributed by atoms with van der Waals surface area (Å²) in [7, 11) is 0. The second kappa shape index (κ2) is 7.10. The van der Waals surface area contributed by atoms with Crippen LogP contribution in [0.4, 0.5) is 5.69 Å². The van der Waals surface area contributed by atoms with Gasteiger partial charge in [-0.25, -0.2) is 0 Å². The lowest BCUT2D eigenvalue weighted by atomic mass is 10.0. The maximum atomic E-state index is 4.86. The van der Waals surface area contributed by atoms with Crippen molar-refractivity contribution in [2.24, 2.45) is 0 Å². The van der Waals surface area contributed by atoms with Gasteiger partial charge < -0.3 is 9.80 Å². The van der Waals surface area contributed by atoms with E-state index in [2.05, 4.69) is 47.1 Å². The van der Waals surface area contributed by atoms with E-state index in [4.69, 9.17) is 4.98 Å². The monoisotopic (exact) mass is 323 g/mol. The van der Waals surface area contributed by atoms with E-state index in [1.165, 1.54) is 68.6 Å². The van der Waals surface area contributed by atoms with Crippen LogP contribution in [0.25, 0.3) is 10.9 Å². The fourth-order valence-electron chi connectivity index (χ4n) is 4.43. The highest BCUT2D eigenvalue weighted by atomic mass is 15.2. The third-order valence-electron chi connectivity index (χ3n) is 5.72. The zero-order chi connectivity index (χ0) is 16.4. The first-order valence-corrected chi connectivity index (χ1v) is 9.73. The Kier molecular flexibility index (Phi) is 4.70. The standard InChI is InChI=1S/C21H29N3/c1-2-7-17-16-21(19-8-3-4-9-20(19)22-17)24-14-10-18(11-15-24)23-12-5-6-13-23/h3-4,8-9,16,18H,2,5-7,10-15H2,1H3. The average Bonchev–Trinajstić information content (AvgIpc) is 3.16. The lowest BCUT2D eigenvalue weighted by molar-refractivity contribution is 0.208. The molecule has 0 unspecified atom stereocenters. The van der Waals surface area contributed by atoms with E-state index in [0.717, 1.165) is 24.4 Å². The molecule has 0 atom stereocenters. The highest BCUT2D eigenvalue weighted by Gasteiger charge is 2.27. The summed E-state index contributed by atoms with van der Waals surface area (Å²) >= 11 is 0. The molecule has 24 heavy (non-hydrogen) atoms. The third kappa shape index (κ3) is 3.14. The number of pyridine rings is 1. The van der Waals surface area contributed by atoms with E-state index in [1.807, 2.05) is 0 Å². The number of hydrogen-bond acceptors (Lipinski definition) is 3. The number of hydrogen-bond donors (Lipinski definition) is 0. The van der Waals surface area contributed by atoms with Crippen LogP contribution >= 0.6 is 0 Å². The van der Waals surface area contributed by atoms with Gasteiger partial charge in [-0.15, -0.1) is 0 Å². The fraction of sp³-hybridized carbons (Fsp3) is 0.571. The number of anilines is 1. The summed E-state index contributed by atoms with van der Waals surface area (Å²) in [5.74, 6) is 0. The molecule has 0 N–H and O–H groups in total. The molecule has 1 aromatic carbocycles. The molecule has 2 fully saturated rings. The molecule has 0 saturated carbocycles. The van der Waals surface area contributed by atoms with E-state index in [0.29, 0.717) is 0 Å². The third-order valence-corrected chi connectivity index (χ3v) is 5.72. The molecule has 3 heterocycles. The molecular formula is C21H29N3. The fourth-order valence-corrected chi connectivity index (χ4v) is 4.43. The summed E-state index contributed by atoms with van der Waals surface area (Å²) in [5, 5.41) is 1.32. The molecule has 0 radical (unpaired) electrons. The quantitative estimate of drug-likeness (QED) is 0.838. The second-order valence-corrected chi connectivity index (χ2v) is 7.36. The number of benzene rings is 1. The number of aryl methyl sites for hydroxylation is 1. The van der Waals surface area contributed by atoms with Crippen molar-refractivity contribution in [3.63, 3.8) is 0 Å². The van der Waals surface area contributed by atoms with Gasteiger partial charge in [0.25, 0.3) is 0 Å². The Bertz CT molecular complexity index is 683. The molecular weight excluding hydrogens is 294 g/mol. The number of aromatic nitrogens is 1. The summed E-state index contributed by atoms with van der Waals surface area (Å²) in [6.07, 6.45) is 7.63. The first-order chi connectivity index (χ1) is 11.8. The first-order valence-electron chi connectivity index (χ1n) is 9.73. The van der Waals surface area contributed by atoms with Gasteiger partial charge in [-0.1, -0.05) is 31.5 Å². The van der Waals surface area contributed by atoms with E-state index < -0.39 is 0 Å². The van der Waals surface area contributed by atoms with Crippen molar-refractivity contribution in [1.82, 2.24) is 9.88 Å². The number of fused-ring (bicyclic) bond motifs is 1. The highest BCUT2D eigenvalue weighted by Crippen LogP contribution is 2.31. The molecule has 2 saturated heterocycles. The Hall–Kier alpha value is -1.61. The predicted molar refractivity (Wildman–Crippen MR) is 102 cm³/mol. The minimum Gasteiger partial charge on any atom is -0.371 e. The number of rotatable bonds is 4. The van der Waals surface area contributed by atoms with Gasteiger partial charge in [-0.3, -0.25) is 4.98 Å². The zero-order valence-corrected chi connectivity index (χ0v) is 14.9. The lowest BCUT2D eigenvalue weighted by Gasteiger charge is -2.38. The van der Waals surface area contributed by atoms with Gasteiger partial charge in [0.15, 0.2) is 0 Å². The maximum Gasteiger partial charge on any atom is 0.0726 e. The van der Waals surface area contributed by atoms with Gasteiger partial charge in [0.05, 0.1) is 5.52 Å². The van der Waals surface area contributed by atoms with Crippen LogP contribution in [-0.4, -0.2) is 42.1 Å². The zero-order valence-electron chi connectivity index (χ0n) is 14.9. The number of nitrogens with zero attached hydrogens (tertiary/aromatic N) is 3. The van der Waals surface area contributed by atoms with Crippen molar-refractivity contribution >= 4 is 16.6 Å². The normalized spacial score (nSPS) is 20.1. The summed E-state index contributed by atoms with van der Waals surface area (Å²) in [6, 6.07) is 11.8. The van der Waals surface area contributed by atoms with Crippen molar-refractivity contribution in [2.45, 2.75) is 51.5 Å². The van der Waals surface area contributed by atoms with Gasteiger partial charge in [0.2, 0.25) is 0 Å². The Morgan fingerprint density at radius 1 is 1.04 bits per heavy atom. The average molecular weight is 323 g/mol. The maximum absolute atomic E-state index is 4.86. The molecule has 0 bridgehead atoms. The Labute approximate surface area is 145 Å². The molecule has 2 aliphatic heterocycles. The Balaban J connectivity index is 1.57. The molecule has 3 nitrogen and oxygen atoms in total. The SMILES string of the molecule is CCCc1cc(N2CCC(N3CCCC3)CC2)c2ccccc2n1. The molecule has 2 aromatic rings. The van der Waals surface area contributed by atoms with Gasteiger partial charge in [-0.05, 0) is 57.3 Å². The van der Waals surface area contributed by atoms with Crippen LogP contribution in [0.15, 0.2) is 30.3 Å². The summed E-state index contributed by atoms with van der Waals surface area (Å²) < 4.78 is 0. The van der Waals surface area contributed by atoms with Gasteiger partial charge >= 0.3 is 0 Å². The molecule has 0 amide bonds. The van der Waals surface area contributed by atoms with Crippen molar-refractivity contribution in [3.05, 3.63) is 36.0 Å². The van der Waals surface area contributed by atoms with Crippen LogP contribution < -0.4 is 4.90 Å². The van der Waals surface area contributed by atoms with Crippen molar-refractivity contribution in [1.29, 1.82) is 0 Å². The molecule has 0 aliphatic carbocycles. The van der Waals surface area contributed by atoms with Gasteiger partial charge in [0, 0.05) is 35.9 Å². The van der Waals surface area contributed by atoms with E-state index in [-0.39, 0.29) is 0 Å². The van der Waals surface area contributed by atoms with Gasteiger partial charge in [0.1, 0.15) is 0 Å². The summed E-state index contributed by atoms with van der Waals surface area (Å²) in [4.78, 5) is 10.2. The van der Waals surface area contributed by atoms with E-state index in [9.17, 15) is 0 Å². The van der Waals surface area contributed by atoms with Crippen LogP contribution in [0.3, 0.4) is 0 Å². The van der Waals surface area contributed by atoms with Crippen molar-refractivity contribution < 1.29 is 0 Å². The predicted octanol–water partition coefficient (Wildman–Crippen LogP) is 4.25. The smallest absolute Gasteiger partial charge is 0.0726 e. The topological polar surface area (TPSA) is 19.4 Å². The van der Waals surface area contributed by atoms with Gasteiger partial charge in [-0.2, -0.15) is 0 Å². The minimum absolute atomic E-state index is 0.812. The lowest BCUT2D eigenvalue weighted by Crippen LogP contribution is -2.44. The van der Waals surface area contributed by atoms with E-state index >= 15 is 0 Å². The Morgan fingerprint density at radius 3 is 2.54 bits per heavy atom. The number of piperidine rings is 1. The van der Waals surface area contributed by atoms with Crippen LogP contribution in [0.1, 0.15) is 44.7 Å². The molecule has 0 spiro atoms.